The van der Waals surface area contributed by atoms with E-state index in [1.165, 1.54) is 0 Å². The summed E-state index contributed by atoms with van der Waals surface area (Å²) in [6.45, 7) is 1.96. The molecule has 4 nitrogen and oxygen atoms in total. The van der Waals surface area contributed by atoms with Gasteiger partial charge < -0.3 is 14.6 Å². The number of benzene rings is 2. The van der Waals surface area contributed by atoms with Crippen molar-refractivity contribution >= 4 is 23.2 Å². The topological polar surface area (TPSA) is 43.3 Å². The van der Waals surface area contributed by atoms with Crippen LogP contribution in [0.15, 0.2) is 67.0 Å². The molecule has 1 aromatic heterocycles. The Balaban J connectivity index is 1.80. The fraction of sp³-hybridized carbons (Fsp3) is 0.190. The van der Waals surface area contributed by atoms with Crippen LogP contribution in [-0.2, 0) is 4.79 Å². The maximum Gasteiger partial charge on any atom is 0.226 e. The molecule has 1 atom stereocenters. The van der Waals surface area contributed by atoms with E-state index in [9.17, 15) is 4.79 Å². The number of aryl methyl sites for hydroxylation is 1. The average molecular weight is 369 g/mol. The Hall–Kier alpha value is -2.72. The zero-order chi connectivity index (χ0) is 18.5. The average Bonchev–Trinajstić information content (AvgIpc) is 3.17. The number of anilines is 1. The van der Waals surface area contributed by atoms with Gasteiger partial charge in [-0.1, -0.05) is 29.8 Å². The van der Waals surface area contributed by atoms with Crippen molar-refractivity contribution in [2.75, 3.05) is 12.4 Å². The number of amides is 1. The number of rotatable bonds is 6. The van der Waals surface area contributed by atoms with Gasteiger partial charge in [-0.25, -0.2) is 0 Å². The number of carbonyl (C=O) groups is 1. The molecule has 3 rings (SSSR count). The Morgan fingerprint density at radius 3 is 2.46 bits per heavy atom. The summed E-state index contributed by atoms with van der Waals surface area (Å²) >= 11 is 6.23. The lowest BCUT2D eigenvalue weighted by molar-refractivity contribution is -0.116. The van der Waals surface area contributed by atoms with Crippen molar-refractivity contribution in [3.05, 3.63) is 83.1 Å². The Kier molecular flexibility index (Phi) is 5.64. The smallest absolute Gasteiger partial charge is 0.226 e. The predicted molar refractivity (Wildman–Crippen MR) is 105 cm³/mol. The third kappa shape index (κ3) is 4.27. The van der Waals surface area contributed by atoms with E-state index < -0.39 is 0 Å². The molecule has 0 bridgehead atoms. The summed E-state index contributed by atoms with van der Waals surface area (Å²) in [6, 6.07) is 17.1. The maximum absolute atomic E-state index is 12.6. The van der Waals surface area contributed by atoms with E-state index >= 15 is 0 Å². The highest BCUT2D eigenvalue weighted by Crippen LogP contribution is 2.27. The first kappa shape index (κ1) is 18.1. The second-order valence-electron chi connectivity index (χ2n) is 6.15. The van der Waals surface area contributed by atoms with Crippen molar-refractivity contribution < 1.29 is 9.53 Å². The van der Waals surface area contributed by atoms with Gasteiger partial charge in [-0.05, 0) is 54.4 Å². The van der Waals surface area contributed by atoms with Crippen LogP contribution in [-0.4, -0.2) is 17.6 Å². The number of carbonyl (C=O) groups excluding carboxylic acids is 1. The molecule has 0 aliphatic rings. The van der Waals surface area contributed by atoms with Crippen molar-refractivity contribution in [1.82, 2.24) is 4.57 Å². The number of ether oxygens (including phenoxy) is 1. The normalized spacial score (nSPS) is 11.8. The fourth-order valence-corrected chi connectivity index (χ4v) is 3.16. The monoisotopic (exact) mass is 368 g/mol. The van der Waals surface area contributed by atoms with Crippen LogP contribution in [0.2, 0.25) is 5.02 Å². The van der Waals surface area contributed by atoms with E-state index in [4.69, 9.17) is 16.3 Å². The number of aromatic nitrogens is 1. The van der Waals surface area contributed by atoms with Gasteiger partial charge in [-0.2, -0.15) is 0 Å². The lowest BCUT2D eigenvalue weighted by Crippen LogP contribution is -2.19. The van der Waals surface area contributed by atoms with Gasteiger partial charge in [-0.3, -0.25) is 4.79 Å². The summed E-state index contributed by atoms with van der Waals surface area (Å²) in [6.07, 6.45) is 4.22. The first-order valence-corrected chi connectivity index (χ1v) is 8.77. The molecule has 0 aliphatic heterocycles. The van der Waals surface area contributed by atoms with Crippen LogP contribution in [0.1, 0.15) is 23.6 Å². The van der Waals surface area contributed by atoms with Crippen molar-refractivity contribution in [1.29, 1.82) is 0 Å². The van der Waals surface area contributed by atoms with Gasteiger partial charge >= 0.3 is 0 Å². The van der Waals surface area contributed by atoms with Crippen molar-refractivity contribution in [3.8, 4) is 5.75 Å². The van der Waals surface area contributed by atoms with Gasteiger partial charge in [0, 0.05) is 12.4 Å². The molecular weight excluding hydrogens is 348 g/mol. The van der Waals surface area contributed by atoms with Gasteiger partial charge in [0.1, 0.15) is 5.75 Å². The number of hydrogen-bond donors (Lipinski definition) is 1. The van der Waals surface area contributed by atoms with E-state index in [2.05, 4.69) is 5.32 Å². The van der Waals surface area contributed by atoms with E-state index in [1.807, 2.05) is 78.5 Å². The van der Waals surface area contributed by atoms with Crippen LogP contribution >= 0.6 is 11.6 Å². The molecule has 5 heteroatoms. The van der Waals surface area contributed by atoms with E-state index in [1.54, 1.807) is 7.11 Å². The summed E-state index contributed by atoms with van der Waals surface area (Å²) in [5.41, 5.74) is 2.71. The maximum atomic E-state index is 12.6. The molecule has 0 fully saturated rings. The van der Waals surface area contributed by atoms with Crippen molar-refractivity contribution in [2.45, 2.75) is 19.4 Å². The van der Waals surface area contributed by atoms with Crippen LogP contribution in [0.4, 0.5) is 5.69 Å². The third-order valence-corrected chi connectivity index (χ3v) is 4.58. The molecule has 1 amide bonds. The van der Waals surface area contributed by atoms with Crippen LogP contribution in [0, 0.1) is 6.92 Å². The van der Waals surface area contributed by atoms with Crippen LogP contribution in [0.3, 0.4) is 0 Å². The molecular formula is C21H21ClN2O2. The standard InChI is InChI=1S/C21H21ClN2O2/c1-15-5-10-19(18(22)13-15)23-21(25)14-20(24-11-3-4-12-24)16-6-8-17(26-2)9-7-16/h3-13,20H,14H2,1-2H3,(H,23,25)/t20-/m1/s1. The van der Waals surface area contributed by atoms with E-state index in [-0.39, 0.29) is 11.9 Å². The first-order valence-electron chi connectivity index (χ1n) is 8.39. The van der Waals surface area contributed by atoms with E-state index in [0.29, 0.717) is 17.1 Å². The molecule has 134 valence electrons. The SMILES string of the molecule is COc1ccc([C@@H](CC(=O)Nc2ccc(C)cc2Cl)n2cccc2)cc1. The molecule has 0 radical (unpaired) electrons. The molecule has 3 aromatic rings. The lowest BCUT2D eigenvalue weighted by Gasteiger charge is -2.20. The van der Waals surface area contributed by atoms with Gasteiger partial charge in [0.25, 0.3) is 0 Å². The fourth-order valence-electron chi connectivity index (χ4n) is 2.88. The minimum absolute atomic E-state index is 0.0923. The first-order chi connectivity index (χ1) is 12.6. The second-order valence-corrected chi connectivity index (χ2v) is 6.56. The summed E-state index contributed by atoms with van der Waals surface area (Å²) in [5.74, 6) is 0.696. The molecule has 0 saturated carbocycles. The largest absolute Gasteiger partial charge is 0.497 e. The van der Waals surface area contributed by atoms with Gasteiger partial charge in [0.15, 0.2) is 0 Å². The Labute approximate surface area is 158 Å². The molecule has 1 N–H and O–H groups in total. The molecule has 26 heavy (non-hydrogen) atoms. The van der Waals surface area contributed by atoms with Crippen molar-refractivity contribution in [2.24, 2.45) is 0 Å². The Morgan fingerprint density at radius 2 is 1.85 bits per heavy atom. The Morgan fingerprint density at radius 1 is 1.15 bits per heavy atom. The molecule has 0 aliphatic carbocycles. The number of nitrogens with one attached hydrogen (secondary N) is 1. The van der Waals surface area contributed by atoms with Crippen LogP contribution < -0.4 is 10.1 Å². The highest BCUT2D eigenvalue weighted by molar-refractivity contribution is 6.33. The minimum Gasteiger partial charge on any atom is -0.497 e. The highest BCUT2D eigenvalue weighted by Gasteiger charge is 2.18. The summed E-state index contributed by atoms with van der Waals surface area (Å²) in [7, 11) is 1.64. The number of hydrogen-bond acceptors (Lipinski definition) is 2. The second kappa shape index (κ2) is 8.11. The highest BCUT2D eigenvalue weighted by atomic mass is 35.5. The van der Waals surface area contributed by atoms with Crippen molar-refractivity contribution in [3.63, 3.8) is 0 Å². The van der Waals surface area contributed by atoms with Gasteiger partial charge in [-0.15, -0.1) is 0 Å². The Bertz CT molecular complexity index is 874. The summed E-state index contributed by atoms with van der Waals surface area (Å²) < 4.78 is 7.25. The van der Waals surface area contributed by atoms with Gasteiger partial charge in [0.05, 0.1) is 30.3 Å². The summed E-state index contributed by atoms with van der Waals surface area (Å²) in [5, 5.41) is 3.46. The van der Waals surface area contributed by atoms with Crippen LogP contribution in [0.5, 0.6) is 5.75 Å². The third-order valence-electron chi connectivity index (χ3n) is 4.27. The lowest BCUT2D eigenvalue weighted by atomic mass is 10.0. The predicted octanol–water partition coefficient (Wildman–Crippen LogP) is 5.08. The van der Waals surface area contributed by atoms with Gasteiger partial charge in [0.2, 0.25) is 5.91 Å². The summed E-state index contributed by atoms with van der Waals surface area (Å²) in [4.78, 5) is 12.6. The van der Waals surface area contributed by atoms with E-state index in [0.717, 1.165) is 16.9 Å². The zero-order valence-electron chi connectivity index (χ0n) is 14.8. The quantitative estimate of drug-likeness (QED) is 0.659. The van der Waals surface area contributed by atoms with Crippen LogP contribution in [0.25, 0.3) is 0 Å². The molecule has 0 unspecified atom stereocenters. The molecule has 0 spiro atoms. The minimum atomic E-state index is -0.111. The molecule has 1 heterocycles. The number of nitrogens with zero attached hydrogens (tertiary/aromatic N) is 1. The number of methoxy groups -OCH3 is 1. The molecule has 0 saturated heterocycles. The zero-order valence-corrected chi connectivity index (χ0v) is 15.5. The number of halogens is 1. The molecule has 2 aromatic carbocycles.